The summed E-state index contributed by atoms with van der Waals surface area (Å²) in [7, 11) is 0. The zero-order valence-electron chi connectivity index (χ0n) is 16.9. The van der Waals surface area contributed by atoms with E-state index in [1.54, 1.807) is 6.07 Å². The molecule has 0 bridgehead atoms. The minimum Gasteiger partial charge on any atom is -0.488 e. The number of aryl methyl sites for hydroxylation is 2. The van der Waals surface area contributed by atoms with Crippen LogP contribution in [0.3, 0.4) is 0 Å². The molecule has 3 aromatic rings. The summed E-state index contributed by atoms with van der Waals surface area (Å²) in [6.45, 7) is 3.66. The Balaban J connectivity index is 1.59. The number of hydrogen-bond donors (Lipinski definition) is 0. The summed E-state index contributed by atoms with van der Waals surface area (Å²) < 4.78 is 22.9. The summed E-state index contributed by atoms with van der Waals surface area (Å²) in [5, 5.41) is 0. The highest BCUT2D eigenvalue weighted by Gasteiger charge is 2.26. The Hall–Kier alpha value is -3.34. The standard InChI is InChI=1S/C25H23FN2O2/c1-17-8-10-22(21(26)14-17)28-19(9-11-24(29)27-12-4-5-13-27)15-18-16-30-23-7-3-2-6-20(23)25(18)28/h2-8,10,14-15H,9,11-13,16H2,1H3. The summed E-state index contributed by atoms with van der Waals surface area (Å²) in [5.41, 5.74) is 5.20. The topological polar surface area (TPSA) is 34.5 Å². The third kappa shape index (κ3) is 3.20. The van der Waals surface area contributed by atoms with Crippen LogP contribution in [-0.2, 0) is 17.8 Å². The van der Waals surface area contributed by atoms with Gasteiger partial charge in [-0.2, -0.15) is 0 Å². The number of hydrogen-bond acceptors (Lipinski definition) is 2. The molecule has 5 rings (SSSR count). The average Bonchev–Trinajstić information content (AvgIpc) is 3.40. The SMILES string of the molecule is Cc1ccc(-n2c(CCC(=O)N3CC=CC3)cc3c2-c2ccccc2OC3)c(F)c1. The van der Waals surface area contributed by atoms with Crippen LogP contribution >= 0.6 is 0 Å². The number of benzene rings is 2. The third-order valence-corrected chi connectivity index (χ3v) is 5.79. The molecular weight excluding hydrogens is 379 g/mol. The van der Waals surface area contributed by atoms with Crippen LogP contribution in [0, 0.1) is 12.7 Å². The molecule has 2 aliphatic rings. The molecule has 152 valence electrons. The van der Waals surface area contributed by atoms with Crippen molar-refractivity contribution in [3.05, 3.63) is 83.3 Å². The second-order valence-corrected chi connectivity index (χ2v) is 7.85. The molecule has 0 spiro atoms. The van der Waals surface area contributed by atoms with Gasteiger partial charge in [-0.15, -0.1) is 0 Å². The maximum atomic E-state index is 15.0. The van der Waals surface area contributed by atoms with Gasteiger partial charge in [0.25, 0.3) is 0 Å². The van der Waals surface area contributed by atoms with Crippen molar-refractivity contribution < 1.29 is 13.9 Å². The Morgan fingerprint density at radius 2 is 1.90 bits per heavy atom. The first kappa shape index (κ1) is 18.7. The highest BCUT2D eigenvalue weighted by Crippen LogP contribution is 2.41. The number of para-hydroxylation sites is 1. The summed E-state index contributed by atoms with van der Waals surface area (Å²) in [5.74, 6) is 0.642. The van der Waals surface area contributed by atoms with E-state index >= 15 is 4.39 Å². The molecule has 0 saturated heterocycles. The minimum absolute atomic E-state index is 0.117. The van der Waals surface area contributed by atoms with Gasteiger partial charge in [-0.3, -0.25) is 4.79 Å². The van der Waals surface area contributed by atoms with Crippen molar-refractivity contribution in [2.24, 2.45) is 0 Å². The molecule has 2 aromatic carbocycles. The van der Waals surface area contributed by atoms with Gasteiger partial charge in [0.05, 0.1) is 11.4 Å². The van der Waals surface area contributed by atoms with Crippen molar-refractivity contribution in [1.29, 1.82) is 0 Å². The molecule has 0 aliphatic carbocycles. The summed E-state index contributed by atoms with van der Waals surface area (Å²) in [4.78, 5) is 14.4. The van der Waals surface area contributed by atoms with Gasteiger partial charge in [-0.1, -0.05) is 30.4 Å². The van der Waals surface area contributed by atoms with E-state index in [-0.39, 0.29) is 11.7 Å². The van der Waals surface area contributed by atoms with Gasteiger partial charge in [0.15, 0.2) is 0 Å². The van der Waals surface area contributed by atoms with Crippen LogP contribution in [0.1, 0.15) is 23.2 Å². The Bertz CT molecular complexity index is 1150. The molecule has 0 radical (unpaired) electrons. The lowest BCUT2D eigenvalue weighted by atomic mass is 10.0. The number of carbonyl (C=O) groups is 1. The first-order chi connectivity index (χ1) is 14.6. The van der Waals surface area contributed by atoms with E-state index in [9.17, 15) is 4.79 Å². The number of nitrogens with zero attached hydrogens (tertiary/aromatic N) is 2. The number of amides is 1. The number of rotatable bonds is 4. The number of fused-ring (bicyclic) bond motifs is 3. The zero-order chi connectivity index (χ0) is 20.7. The number of carbonyl (C=O) groups excluding carboxylic acids is 1. The fourth-order valence-electron chi connectivity index (χ4n) is 4.30. The molecule has 0 unspecified atom stereocenters. The van der Waals surface area contributed by atoms with Crippen molar-refractivity contribution in [1.82, 2.24) is 9.47 Å². The Labute approximate surface area is 175 Å². The number of ether oxygens (including phenoxy) is 1. The Kier molecular flexibility index (Phi) is 4.66. The van der Waals surface area contributed by atoms with Crippen LogP contribution in [0.2, 0.25) is 0 Å². The van der Waals surface area contributed by atoms with Gasteiger partial charge in [0, 0.05) is 36.3 Å². The highest BCUT2D eigenvalue weighted by molar-refractivity contribution is 5.78. The molecule has 3 heterocycles. The second-order valence-electron chi connectivity index (χ2n) is 7.85. The van der Waals surface area contributed by atoms with Crippen LogP contribution in [0.4, 0.5) is 4.39 Å². The van der Waals surface area contributed by atoms with Crippen molar-refractivity contribution >= 4 is 5.91 Å². The first-order valence-electron chi connectivity index (χ1n) is 10.3. The number of aromatic nitrogens is 1. The van der Waals surface area contributed by atoms with Gasteiger partial charge >= 0.3 is 0 Å². The maximum absolute atomic E-state index is 15.0. The Morgan fingerprint density at radius 3 is 2.70 bits per heavy atom. The molecule has 30 heavy (non-hydrogen) atoms. The quantitative estimate of drug-likeness (QED) is 0.587. The molecule has 4 nitrogen and oxygen atoms in total. The molecular formula is C25H23FN2O2. The fraction of sp³-hybridized carbons (Fsp3) is 0.240. The predicted molar refractivity (Wildman–Crippen MR) is 114 cm³/mol. The molecule has 0 N–H and O–H groups in total. The Morgan fingerprint density at radius 1 is 1.10 bits per heavy atom. The normalized spacial score (nSPS) is 14.4. The molecule has 0 atom stereocenters. The lowest BCUT2D eigenvalue weighted by Crippen LogP contribution is -2.28. The van der Waals surface area contributed by atoms with Crippen molar-refractivity contribution in [3.8, 4) is 22.7 Å². The second kappa shape index (κ2) is 7.48. The molecule has 2 aliphatic heterocycles. The van der Waals surface area contributed by atoms with E-state index in [1.807, 2.05) is 64.9 Å². The maximum Gasteiger partial charge on any atom is 0.223 e. The van der Waals surface area contributed by atoms with Crippen LogP contribution in [0.5, 0.6) is 5.75 Å². The van der Waals surface area contributed by atoms with E-state index in [2.05, 4.69) is 6.07 Å². The van der Waals surface area contributed by atoms with Crippen molar-refractivity contribution in [2.45, 2.75) is 26.4 Å². The lowest BCUT2D eigenvalue weighted by molar-refractivity contribution is -0.129. The van der Waals surface area contributed by atoms with Crippen LogP contribution in [0.25, 0.3) is 16.9 Å². The van der Waals surface area contributed by atoms with Crippen LogP contribution in [0.15, 0.2) is 60.7 Å². The largest absolute Gasteiger partial charge is 0.488 e. The van der Waals surface area contributed by atoms with Gasteiger partial charge in [0.1, 0.15) is 18.2 Å². The molecule has 0 fully saturated rings. The first-order valence-corrected chi connectivity index (χ1v) is 10.3. The van der Waals surface area contributed by atoms with Crippen molar-refractivity contribution in [3.63, 3.8) is 0 Å². The summed E-state index contributed by atoms with van der Waals surface area (Å²) in [6, 6.07) is 15.2. The molecule has 0 saturated carbocycles. The van der Waals surface area contributed by atoms with Crippen molar-refractivity contribution in [2.75, 3.05) is 13.1 Å². The lowest BCUT2D eigenvalue weighted by Gasteiger charge is -2.22. The van der Waals surface area contributed by atoms with Gasteiger partial charge in [0.2, 0.25) is 5.91 Å². The molecule has 5 heteroatoms. The van der Waals surface area contributed by atoms with E-state index in [1.165, 1.54) is 0 Å². The summed E-state index contributed by atoms with van der Waals surface area (Å²) >= 11 is 0. The van der Waals surface area contributed by atoms with Gasteiger partial charge in [-0.05, 0) is 49.2 Å². The fourth-order valence-corrected chi connectivity index (χ4v) is 4.30. The monoisotopic (exact) mass is 402 g/mol. The molecule has 1 amide bonds. The van der Waals surface area contributed by atoms with E-state index < -0.39 is 0 Å². The predicted octanol–water partition coefficient (Wildman–Crippen LogP) is 4.82. The zero-order valence-corrected chi connectivity index (χ0v) is 16.9. The summed E-state index contributed by atoms with van der Waals surface area (Å²) in [6.07, 6.45) is 4.95. The number of halogens is 1. The smallest absolute Gasteiger partial charge is 0.223 e. The molecule has 1 aromatic heterocycles. The van der Waals surface area contributed by atoms with Gasteiger partial charge in [-0.25, -0.2) is 4.39 Å². The minimum atomic E-state index is -0.270. The van der Waals surface area contributed by atoms with E-state index in [0.29, 0.717) is 38.2 Å². The average molecular weight is 402 g/mol. The highest BCUT2D eigenvalue weighted by atomic mass is 19.1. The van der Waals surface area contributed by atoms with E-state index in [0.717, 1.165) is 33.8 Å². The van der Waals surface area contributed by atoms with Crippen LogP contribution < -0.4 is 4.74 Å². The van der Waals surface area contributed by atoms with Gasteiger partial charge < -0.3 is 14.2 Å². The van der Waals surface area contributed by atoms with E-state index in [4.69, 9.17) is 4.74 Å². The van der Waals surface area contributed by atoms with Crippen LogP contribution in [-0.4, -0.2) is 28.5 Å². The third-order valence-electron chi connectivity index (χ3n) is 5.79.